The fourth-order valence-electron chi connectivity index (χ4n) is 8.83. The number of nitrogens with one attached hydrogen (secondary N) is 2. The Morgan fingerprint density at radius 3 is 2.22 bits per heavy atom. The zero-order valence-corrected chi connectivity index (χ0v) is 32.2. The number of hydrogen-bond donors (Lipinski definition) is 4. The van der Waals surface area contributed by atoms with Gasteiger partial charge in [0.1, 0.15) is 24.7 Å². The van der Waals surface area contributed by atoms with Crippen LogP contribution in [0.3, 0.4) is 0 Å². The van der Waals surface area contributed by atoms with Gasteiger partial charge in [-0.05, 0) is 80.7 Å². The molecule has 2 aliphatic carbocycles. The molecule has 312 valence electrons. The smallest absolute Gasteiger partial charge is 0.406 e. The number of piperidine rings is 1. The van der Waals surface area contributed by atoms with Crippen LogP contribution in [0.2, 0.25) is 0 Å². The normalized spacial score (nSPS) is 24.3. The van der Waals surface area contributed by atoms with Gasteiger partial charge in [0.2, 0.25) is 17.7 Å². The van der Waals surface area contributed by atoms with Crippen molar-refractivity contribution in [1.82, 2.24) is 34.9 Å². The molecule has 0 bridgehead atoms. The molecule has 16 nitrogen and oxygen atoms in total. The van der Waals surface area contributed by atoms with Gasteiger partial charge in [-0.25, -0.2) is 9.97 Å². The van der Waals surface area contributed by atoms with Crippen LogP contribution < -0.4 is 27.0 Å². The largest absolute Gasteiger partial charge is 0.444 e. The van der Waals surface area contributed by atoms with E-state index in [9.17, 15) is 32.3 Å². The molecule has 59 heavy (non-hydrogen) atoms. The van der Waals surface area contributed by atoms with E-state index in [-0.39, 0.29) is 52.2 Å². The van der Waals surface area contributed by atoms with Gasteiger partial charge in [0.15, 0.2) is 11.4 Å². The van der Waals surface area contributed by atoms with Crippen LogP contribution in [0.5, 0.6) is 0 Å². The Hall–Kier alpha value is -5.82. The van der Waals surface area contributed by atoms with Gasteiger partial charge in [-0.1, -0.05) is 12.1 Å². The highest BCUT2D eigenvalue weighted by molar-refractivity contribution is 6.01. The van der Waals surface area contributed by atoms with E-state index in [1.165, 1.54) is 30.1 Å². The van der Waals surface area contributed by atoms with Gasteiger partial charge in [0.25, 0.3) is 11.8 Å². The van der Waals surface area contributed by atoms with Gasteiger partial charge < -0.3 is 26.1 Å². The lowest BCUT2D eigenvalue weighted by Gasteiger charge is -2.48. The highest BCUT2D eigenvalue weighted by Crippen LogP contribution is 2.41. The molecular weight excluding hydrogens is 772 g/mol. The predicted octanol–water partition coefficient (Wildman–Crippen LogP) is 4.10. The number of primary amides is 2. The molecule has 2 aliphatic heterocycles. The molecule has 2 saturated heterocycles. The summed E-state index contributed by atoms with van der Waals surface area (Å²) >= 11 is 0. The standard InChI is InChI=1S/C40H46F3N11O5/c41-40(42,43)22-53(33-19-24(11-12-46-33)39-48-31(21-59-39)36(44)56)32-20-54(50-35(32)37(45)57)28-7-5-27(6-8-28)51-13-15-52(16-14-51)29-17-25(18-29)23-1-3-26(4-2-23)47-30-9-10-34(55)49-38(30)58/h1-4,11-12,19-21,25,27-30,47H,5-10,13-18,22H2,(H2,44,56)(H2,45,57)(H,49,55,58)/t25?,27?,28?,29?,30-/m0/s1. The van der Waals surface area contributed by atoms with Gasteiger partial charge in [0.05, 0.1) is 11.7 Å². The molecular formula is C40H46F3N11O5. The lowest BCUT2D eigenvalue weighted by Crippen LogP contribution is -2.56. The summed E-state index contributed by atoms with van der Waals surface area (Å²) in [4.78, 5) is 61.9. The minimum Gasteiger partial charge on any atom is -0.444 e. The van der Waals surface area contributed by atoms with Gasteiger partial charge in [0, 0.05) is 68.3 Å². The number of alkyl halides is 3. The summed E-state index contributed by atoms with van der Waals surface area (Å²) in [6.45, 7) is 2.43. The van der Waals surface area contributed by atoms with Crippen LogP contribution in [0, 0.1) is 0 Å². The van der Waals surface area contributed by atoms with Gasteiger partial charge in [-0.2, -0.15) is 18.3 Å². The van der Waals surface area contributed by atoms with Crippen molar-refractivity contribution in [3.05, 3.63) is 72.0 Å². The zero-order chi connectivity index (χ0) is 41.4. The number of imide groups is 1. The number of benzene rings is 1. The molecule has 0 radical (unpaired) electrons. The average Bonchev–Trinajstić information content (AvgIpc) is 3.88. The molecule has 4 fully saturated rings. The topological polar surface area (TPSA) is 211 Å². The first-order valence-corrected chi connectivity index (χ1v) is 19.9. The van der Waals surface area contributed by atoms with Crippen LogP contribution in [0.25, 0.3) is 11.5 Å². The van der Waals surface area contributed by atoms with Crippen molar-refractivity contribution in [3.63, 3.8) is 0 Å². The molecule has 0 unspecified atom stereocenters. The Morgan fingerprint density at radius 2 is 1.59 bits per heavy atom. The van der Waals surface area contributed by atoms with Gasteiger partial charge in [-0.15, -0.1) is 0 Å². The van der Waals surface area contributed by atoms with Gasteiger partial charge in [-0.3, -0.25) is 39.0 Å². The highest BCUT2D eigenvalue weighted by atomic mass is 19.4. The Bertz CT molecular complexity index is 2190. The number of amides is 4. The van der Waals surface area contributed by atoms with Crippen molar-refractivity contribution >= 4 is 40.8 Å². The highest BCUT2D eigenvalue weighted by Gasteiger charge is 2.39. The van der Waals surface area contributed by atoms with Crippen molar-refractivity contribution in [3.8, 4) is 11.5 Å². The van der Waals surface area contributed by atoms with E-state index in [0.717, 1.165) is 81.6 Å². The molecule has 1 aromatic carbocycles. The maximum absolute atomic E-state index is 14.1. The molecule has 4 aliphatic rings. The number of nitrogens with zero attached hydrogens (tertiary/aromatic N) is 7. The Labute approximate surface area is 337 Å². The fraction of sp³-hybridized carbons (Fsp3) is 0.475. The SMILES string of the molecule is NC(=O)c1coc(-c2ccnc(N(CC(F)(F)F)c3cn(C4CCC(N5CCN(C6CC(c7ccc(N[C@H]8CCC(=O)NC8=O)cc7)C6)CC5)CC4)nc3C(N)=O)c2)n1. The first-order valence-electron chi connectivity index (χ1n) is 19.9. The minimum atomic E-state index is -4.69. The number of carbonyl (C=O) groups is 4. The van der Waals surface area contributed by atoms with Crippen molar-refractivity contribution in [2.75, 3.05) is 42.9 Å². The Balaban J connectivity index is 0.849. The maximum Gasteiger partial charge on any atom is 0.406 e. The van der Waals surface area contributed by atoms with Crippen LogP contribution in [0.4, 0.5) is 30.4 Å². The van der Waals surface area contributed by atoms with Crippen LogP contribution in [-0.4, -0.2) is 110 Å². The number of nitrogens with two attached hydrogens (primary N) is 2. The third-order valence-electron chi connectivity index (χ3n) is 12.1. The third-order valence-corrected chi connectivity index (χ3v) is 12.1. The second kappa shape index (κ2) is 16.4. The summed E-state index contributed by atoms with van der Waals surface area (Å²) < 4.78 is 49.1. The second-order valence-corrected chi connectivity index (χ2v) is 15.8. The minimum absolute atomic E-state index is 0.0441. The number of oxazole rings is 1. The summed E-state index contributed by atoms with van der Waals surface area (Å²) in [5.74, 6) is -2.02. The number of hydrogen-bond acceptors (Lipinski definition) is 12. The van der Waals surface area contributed by atoms with E-state index in [4.69, 9.17) is 15.9 Å². The van der Waals surface area contributed by atoms with E-state index in [1.54, 1.807) is 4.68 Å². The second-order valence-electron chi connectivity index (χ2n) is 15.8. The molecule has 6 N–H and O–H groups in total. The molecule has 3 aromatic heterocycles. The van der Waals surface area contributed by atoms with Crippen molar-refractivity contribution in [1.29, 1.82) is 0 Å². The molecule has 4 amide bonds. The number of halogens is 3. The Morgan fingerprint density at radius 1 is 0.915 bits per heavy atom. The number of rotatable bonds is 12. The van der Waals surface area contributed by atoms with Crippen LogP contribution in [0.1, 0.15) is 89.9 Å². The van der Waals surface area contributed by atoms with Crippen molar-refractivity contribution in [2.24, 2.45) is 11.5 Å². The summed E-state index contributed by atoms with van der Waals surface area (Å²) in [6, 6.07) is 11.4. The molecule has 19 heteroatoms. The summed E-state index contributed by atoms with van der Waals surface area (Å²) in [5.41, 5.74) is 12.8. The van der Waals surface area contributed by atoms with E-state index < -0.39 is 30.6 Å². The fourth-order valence-corrected chi connectivity index (χ4v) is 8.83. The number of piperazine rings is 1. The van der Waals surface area contributed by atoms with Crippen molar-refractivity contribution in [2.45, 2.75) is 87.6 Å². The van der Waals surface area contributed by atoms with E-state index in [2.05, 4.69) is 47.6 Å². The van der Waals surface area contributed by atoms with E-state index in [0.29, 0.717) is 30.8 Å². The first kappa shape index (κ1) is 40.0. The van der Waals surface area contributed by atoms with Gasteiger partial charge >= 0.3 is 6.18 Å². The van der Waals surface area contributed by atoms with Crippen LogP contribution in [-0.2, 0) is 9.59 Å². The molecule has 1 atom stereocenters. The van der Waals surface area contributed by atoms with Crippen LogP contribution in [0.15, 0.2) is 59.5 Å². The summed E-state index contributed by atoms with van der Waals surface area (Å²) in [7, 11) is 0. The maximum atomic E-state index is 14.1. The molecule has 0 spiro atoms. The summed E-state index contributed by atoms with van der Waals surface area (Å²) in [5, 5.41) is 10.1. The lowest BCUT2D eigenvalue weighted by molar-refractivity contribution is -0.133. The van der Waals surface area contributed by atoms with Crippen molar-refractivity contribution < 1.29 is 36.8 Å². The number of anilines is 3. The molecule has 4 aromatic rings. The lowest BCUT2D eigenvalue weighted by atomic mass is 9.75. The van der Waals surface area contributed by atoms with E-state index >= 15 is 0 Å². The molecule has 2 saturated carbocycles. The zero-order valence-electron chi connectivity index (χ0n) is 32.2. The third kappa shape index (κ3) is 8.95. The number of carbonyl (C=O) groups excluding carboxylic acids is 4. The number of pyridine rings is 1. The summed E-state index contributed by atoms with van der Waals surface area (Å²) in [6.07, 6.45) is 5.33. The molecule has 8 rings (SSSR count). The number of aromatic nitrogens is 4. The van der Waals surface area contributed by atoms with Crippen LogP contribution >= 0.6 is 0 Å². The average molecular weight is 818 g/mol. The quantitative estimate of drug-likeness (QED) is 0.149. The monoisotopic (exact) mass is 817 g/mol. The van der Waals surface area contributed by atoms with E-state index in [1.807, 2.05) is 12.1 Å². The first-order chi connectivity index (χ1) is 28.3. The Kier molecular flexibility index (Phi) is 11.1. The predicted molar refractivity (Wildman–Crippen MR) is 208 cm³/mol. The molecule has 5 heterocycles.